The van der Waals surface area contributed by atoms with Gasteiger partial charge in [0.25, 0.3) is 0 Å². The molecular formula is C15H19F3N2O. The normalized spacial score (nSPS) is 14.0. The second-order valence-electron chi connectivity index (χ2n) is 4.97. The van der Waals surface area contributed by atoms with Crippen molar-refractivity contribution in [3.63, 3.8) is 0 Å². The Bertz CT molecular complexity index is 547. The lowest BCUT2D eigenvalue weighted by molar-refractivity contribution is -0.146. The van der Waals surface area contributed by atoms with Gasteiger partial charge in [0, 0.05) is 11.9 Å². The van der Waals surface area contributed by atoms with Gasteiger partial charge in [-0.1, -0.05) is 25.1 Å². The first-order valence-electron chi connectivity index (χ1n) is 6.87. The monoisotopic (exact) mass is 300 g/mol. The molecule has 0 saturated heterocycles. The van der Waals surface area contributed by atoms with Crippen LogP contribution in [-0.2, 0) is 0 Å². The van der Waals surface area contributed by atoms with Crippen LogP contribution in [0.5, 0.6) is 0 Å². The maximum atomic E-state index is 12.5. The molecule has 0 amide bonds. The molecule has 0 aliphatic carbocycles. The zero-order valence-corrected chi connectivity index (χ0v) is 12.1. The van der Waals surface area contributed by atoms with E-state index in [9.17, 15) is 13.2 Å². The number of halogens is 3. The Morgan fingerprint density at radius 1 is 1.29 bits per heavy atom. The summed E-state index contributed by atoms with van der Waals surface area (Å²) in [6, 6.07) is 9.13. The molecule has 1 aromatic heterocycles. The van der Waals surface area contributed by atoms with Crippen LogP contribution in [0.25, 0.3) is 11.0 Å². The van der Waals surface area contributed by atoms with Crippen LogP contribution in [0.15, 0.2) is 34.7 Å². The van der Waals surface area contributed by atoms with Crippen molar-refractivity contribution in [2.75, 3.05) is 26.7 Å². The van der Waals surface area contributed by atoms with Gasteiger partial charge in [0.1, 0.15) is 11.3 Å². The molecule has 3 nitrogen and oxygen atoms in total. The van der Waals surface area contributed by atoms with Crippen LogP contribution in [0.3, 0.4) is 0 Å². The average Bonchev–Trinajstić information content (AvgIpc) is 2.85. The Morgan fingerprint density at radius 2 is 2.00 bits per heavy atom. The fraction of sp³-hybridized carbons (Fsp3) is 0.467. The maximum Gasteiger partial charge on any atom is 0.401 e. The highest BCUT2D eigenvalue weighted by atomic mass is 19.4. The van der Waals surface area contributed by atoms with Gasteiger partial charge in [-0.2, -0.15) is 13.2 Å². The van der Waals surface area contributed by atoms with E-state index in [0.29, 0.717) is 12.3 Å². The first kappa shape index (κ1) is 15.9. The summed E-state index contributed by atoms with van der Waals surface area (Å²) in [7, 11) is 1.72. The lowest BCUT2D eigenvalue weighted by Crippen LogP contribution is -2.39. The molecule has 0 aliphatic rings. The number of likely N-dealkylation sites (N-methyl/N-ethyl adjacent to an activating group) is 2. The number of nitrogens with zero attached hydrogens (tertiary/aromatic N) is 1. The van der Waals surface area contributed by atoms with Crippen LogP contribution >= 0.6 is 0 Å². The molecule has 0 aliphatic heterocycles. The molecule has 2 aromatic rings. The number of rotatable bonds is 6. The van der Waals surface area contributed by atoms with Crippen molar-refractivity contribution >= 4 is 11.0 Å². The third-order valence-corrected chi connectivity index (χ3v) is 3.43. The predicted octanol–water partition coefficient (Wildman–Crippen LogP) is 3.58. The molecule has 116 valence electrons. The molecule has 1 N–H and O–H groups in total. The van der Waals surface area contributed by atoms with Crippen LogP contribution < -0.4 is 5.32 Å². The van der Waals surface area contributed by atoms with Crippen molar-refractivity contribution in [2.45, 2.75) is 19.1 Å². The van der Waals surface area contributed by atoms with Gasteiger partial charge < -0.3 is 9.73 Å². The summed E-state index contributed by atoms with van der Waals surface area (Å²) in [5, 5.41) is 3.98. The van der Waals surface area contributed by atoms with Crippen LogP contribution in [0, 0.1) is 0 Å². The minimum absolute atomic E-state index is 0.242. The van der Waals surface area contributed by atoms with E-state index in [2.05, 4.69) is 5.32 Å². The standard InChI is InChI=1S/C15H19F3N2O/c1-3-20(10-15(16,17)18)9-12(19-2)14-8-11-6-4-5-7-13(11)21-14/h4-8,12,19H,3,9-10H2,1-2H3. The molecule has 0 spiro atoms. The van der Waals surface area contributed by atoms with Crippen molar-refractivity contribution in [3.05, 3.63) is 36.1 Å². The summed E-state index contributed by atoms with van der Waals surface area (Å²) in [5.41, 5.74) is 0.742. The van der Waals surface area contributed by atoms with Gasteiger partial charge >= 0.3 is 6.18 Å². The summed E-state index contributed by atoms with van der Waals surface area (Å²) in [6.45, 7) is 1.38. The Balaban J connectivity index is 2.14. The summed E-state index contributed by atoms with van der Waals surface area (Å²) in [6.07, 6.45) is -4.19. The minimum Gasteiger partial charge on any atom is -0.459 e. The molecule has 0 fully saturated rings. The first-order valence-corrected chi connectivity index (χ1v) is 6.87. The van der Waals surface area contributed by atoms with Crippen molar-refractivity contribution < 1.29 is 17.6 Å². The highest BCUT2D eigenvalue weighted by molar-refractivity contribution is 5.77. The summed E-state index contributed by atoms with van der Waals surface area (Å²) >= 11 is 0. The topological polar surface area (TPSA) is 28.4 Å². The Hall–Kier alpha value is -1.53. The quantitative estimate of drug-likeness (QED) is 0.884. The third-order valence-electron chi connectivity index (χ3n) is 3.43. The average molecular weight is 300 g/mol. The molecule has 1 unspecified atom stereocenters. The summed E-state index contributed by atoms with van der Waals surface area (Å²) < 4.78 is 43.3. The molecule has 1 aromatic carbocycles. The summed E-state index contributed by atoms with van der Waals surface area (Å²) in [4.78, 5) is 1.36. The lowest BCUT2D eigenvalue weighted by Gasteiger charge is -2.26. The zero-order valence-electron chi connectivity index (χ0n) is 12.1. The Kier molecular flexibility index (Phi) is 4.90. The number of nitrogens with one attached hydrogen (secondary N) is 1. The number of para-hydroxylation sites is 1. The fourth-order valence-corrected chi connectivity index (χ4v) is 2.31. The van der Waals surface area contributed by atoms with Gasteiger partial charge in [-0.05, 0) is 25.7 Å². The van der Waals surface area contributed by atoms with E-state index in [4.69, 9.17) is 4.42 Å². The summed E-state index contributed by atoms with van der Waals surface area (Å²) in [5.74, 6) is 0.652. The first-order chi connectivity index (χ1) is 9.93. The number of benzene rings is 1. The van der Waals surface area contributed by atoms with Crippen LogP contribution in [0.2, 0.25) is 0 Å². The molecule has 1 atom stereocenters. The lowest BCUT2D eigenvalue weighted by atomic mass is 10.2. The minimum atomic E-state index is -4.19. The molecule has 6 heteroatoms. The van der Waals surface area contributed by atoms with E-state index >= 15 is 0 Å². The molecule has 2 rings (SSSR count). The predicted molar refractivity (Wildman–Crippen MR) is 76.2 cm³/mol. The molecule has 1 heterocycles. The second kappa shape index (κ2) is 6.49. The van der Waals surface area contributed by atoms with E-state index in [1.165, 1.54) is 4.90 Å². The van der Waals surface area contributed by atoms with E-state index in [1.807, 2.05) is 30.3 Å². The fourth-order valence-electron chi connectivity index (χ4n) is 2.31. The van der Waals surface area contributed by atoms with Crippen LogP contribution in [0.4, 0.5) is 13.2 Å². The largest absolute Gasteiger partial charge is 0.459 e. The van der Waals surface area contributed by atoms with Crippen LogP contribution in [-0.4, -0.2) is 37.8 Å². The molecule has 21 heavy (non-hydrogen) atoms. The van der Waals surface area contributed by atoms with Gasteiger partial charge in [-0.25, -0.2) is 0 Å². The number of fused-ring (bicyclic) bond motifs is 1. The van der Waals surface area contributed by atoms with Crippen molar-refractivity contribution in [1.82, 2.24) is 10.2 Å². The van der Waals surface area contributed by atoms with Gasteiger partial charge in [-0.3, -0.25) is 4.90 Å². The number of hydrogen-bond acceptors (Lipinski definition) is 3. The molecular weight excluding hydrogens is 281 g/mol. The van der Waals surface area contributed by atoms with Gasteiger partial charge in [0.15, 0.2) is 0 Å². The zero-order chi connectivity index (χ0) is 15.5. The number of hydrogen-bond donors (Lipinski definition) is 1. The molecule has 0 radical (unpaired) electrons. The second-order valence-corrected chi connectivity index (χ2v) is 4.97. The SMILES string of the molecule is CCN(CC(NC)c1cc2ccccc2o1)CC(F)(F)F. The highest BCUT2D eigenvalue weighted by Crippen LogP contribution is 2.25. The van der Waals surface area contributed by atoms with Gasteiger partial charge in [-0.15, -0.1) is 0 Å². The van der Waals surface area contributed by atoms with E-state index in [-0.39, 0.29) is 12.6 Å². The number of furan rings is 1. The smallest absolute Gasteiger partial charge is 0.401 e. The Morgan fingerprint density at radius 3 is 2.57 bits per heavy atom. The van der Waals surface area contributed by atoms with E-state index < -0.39 is 12.7 Å². The van der Waals surface area contributed by atoms with E-state index in [0.717, 1.165) is 11.0 Å². The van der Waals surface area contributed by atoms with Gasteiger partial charge in [0.05, 0.1) is 12.6 Å². The third kappa shape index (κ3) is 4.22. The molecule has 0 bridgehead atoms. The van der Waals surface area contributed by atoms with E-state index in [1.54, 1.807) is 14.0 Å². The molecule has 0 saturated carbocycles. The Labute approximate surface area is 121 Å². The number of alkyl halides is 3. The van der Waals surface area contributed by atoms with Crippen molar-refractivity contribution in [2.24, 2.45) is 0 Å². The van der Waals surface area contributed by atoms with Gasteiger partial charge in [0.2, 0.25) is 0 Å². The van der Waals surface area contributed by atoms with Crippen molar-refractivity contribution in [3.8, 4) is 0 Å². The highest BCUT2D eigenvalue weighted by Gasteiger charge is 2.31. The maximum absolute atomic E-state index is 12.5. The van der Waals surface area contributed by atoms with Crippen molar-refractivity contribution in [1.29, 1.82) is 0 Å². The van der Waals surface area contributed by atoms with Crippen LogP contribution in [0.1, 0.15) is 18.7 Å².